The number of rotatable bonds is 6. The first-order valence-electron chi connectivity index (χ1n) is 8.02. The molecule has 2 aromatic rings. The van der Waals surface area contributed by atoms with Crippen LogP contribution in [0.4, 0.5) is 10.1 Å². The van der Waals surface area contributed by atoms with Crippen molar-refractivity contribution in [3.8, 4) is 11.1 Å². The van der Waals surface area contributed by atoms with Gasteiger partial charge in [-0.1, -0.05) is 6.08 Å². The van der Waals surface area contributed by atoms with Crippen LogP contribution in [0, 0.1) is 5.82 Å². The molecule has 0 bridgehead atoms. The van der Waals surface area contributed by atoms with Gasteiger partial charge in [0.25, 0.3) is 0 Å². The zero-order valence-electron chi connectivity index (χ0n) is 14.8. The molecule has 134 valence electrons. The van der Waals surface area contributed by atoms with Crippen LogP contribution in [-0.4, -0.2) is 13.9 Å². The molecule has 6 heteroatoms. The van der Waals surface area contributed by atoms with Crippen molar-refractivity contribution in [1.29, 1.82) is 0 Å². The number of nitrogens with one attached hydrogen (secondary N) is 1. The van der Waals surface area contributed by atoms with E-state index in [9.17, 15) is 8.60 Å². The fourth-order valence-electron chi connectivity index (χ4n) is 2.30. The minimum atomic E-state index is -1.24. The molecule has 2 rings (SSSR count). The van der Waals surface area contributed by atoms with Crippen molar-refractivity contribution >= 4 is 16.7 Å². The third-order valence-electron chi connectivity index (χ3n) is 3.67. The molecule has 0 aliphatic rings. The van der Waals surface area contributed by atoms with Gasteiger partial charge in [0.1, 0.15) is 5.82 Å². The number of nitrogen functional groups attached to an aromatic ring is 1. The average Bonchev–Trinajstić information content (AvgIpc) is 2.53. The molecule has 3 N–H and O–H groups in total. The smallest absolute Gasteiger partial charge is 0.125 e. The van der Waals surface area contributed by atoms with E-state index >= 15 is 0 Å². The molecular weight excluding hydrogens is 337 g/mol. The van der Waals surface area contributed by atoms with Crippen LogP contribution >= 0.6 is 0 Å². The van der Waals surface area contributed by atoms with E-state index in [-0.39, 0.29) is 11.9 Å². The summed E-state index contributed by atoms with van der Waals surface area (Å²) in [6, 6.07) is 7.78. The Kier molecular flexibility index (Phi) is 6.08. The van der Waals surface area contributed by atoms with Gasteiger partial charge in [-0.25, -0.2) is 13.3 Å². The Labute approximate surface area is 151 Å². The molecule has 0 radical (unpaired) electrons. The Balaban J connectivity index is 2.36. The topological polar surface area (TPSA) is 68.0 Å². The lowest BCUT2D eigenvalue weighted by Gasteiger charge is -2.23. The van der Waals surface area contributed by atoms with Gasteiger partial charge in [-0.15, -0.1) is 6.58 Å². The molecule has 25 heavy (non-hydrogen) atoms. The van der Waals surface area contributed by atoms with E-state index in [4.69, 9.17) is 5.73 Å². The van der Waals surface area contributed by atoms with Crippen LogP contribution < -0.4 is 10.5 Å². The molecule has 1 heterocycles. The van der Waals surface area contributed by atoms with E-state index in [1.165, 1.54) is 12.1 Å². The number of nitrogens with two attached hydrogens (primary N) is 1. The van der Waals surface area contributed by atoms with E-state index in [1.54, 1.807) is 18.3 Å². The second-order valence-electron chi connectivity index (χ2n) is 6.78. The van der Waals surface area contributed by atoms with Crippen molar-refractivity contribution in [3.63, 3.8) is 0 Å². The summed E-state index contributed by atoms with van der Waals surface area (Å²) in [7, 11) is -1.24. The lowest BCUT2D eigenvalue weighted by molar-refractivity contribution is 0.594. The zero-order chi connectivity index (χ0) is 18.6. The van der Waals surface area contributed by atoms with Crippen molar-refractivity contribution in [2.24, 2.45) is 0 Å². The van der Waals surface area contributed by atoms with Crippen LogP contribution in [0.15, 0.2) is 49.2 Å². The average molecular weight is 361 g/mol. The molecule has 0 amide bonds. The van der Waals surface area contributed by atoms with Crippen molar-refractivity contribution < 1.29 is 8.60 Å². The Hall–Kier alpha value is -2.05. The third-order valence-corrected chi connectivity index (χ3v) is 5.28. The van der Waals surface area contributed by atoms with E-state index < -0.39 is 15.7 Å². The summed E-state index contributed by atoms with van der Waals surface area (Å²) in [4.78, 5) is 4.41. The second kappa shape index (κ2) is 7.89. The number of halogens is 1. The number of nitrogens with zero attached hydrogens (tertiary/aromatic N) is 1. The summed E-state index contributed by atoms with van der Waals surface area (Å²) >= 11 is 0. The highest BCUT2D eigenvalue weighted by atomic mass is 32.2. The molecule has 0 aliphatic heterocycles. The SMILES string of the molecule is C=CCC(N[S@@](=O)C(C)(C)C)c1cc(-c2ccc(F)cc2N)ccn1. The summed E-state index contributed by atoms with van der Waals surface area (Å²) in [6.07, 6.45) is 4.01. The number of hydrogen-bond acceptors (Lipinski definition) is 3. The first-order chi connectivity index (χ1) is 11.7. The van der Waals surface area contributed by atoms with E-state index in [1.807, 2.05) is 32.9 Å². The normalized spacial score (nSPS) is 14.1. The third kappa shape index (κ3) is 4.96. The Bertz CT molecular complexity index is 786. The van der Waals surface area contributed by atoms with Crippen molar-refractivity contribution in [1.82, 2.24) is 9.71 Å². The number of hydrogen-bond donors (Lipinski definition) is 2. The van der Waals surface area contributed by atoms with Gasteiger partial charge in [0.15, 0.2) is 0 Å². The molecule has 1 aromatic carbocycles. The maximum absolute atomic E-state index is 13.3. The Morgan fingerprint density at radius 3 is 2.68 bits per heavy atom. The van der Waals surface area contributed by atoms with Gasteiger partial charge in [-0.3, -0.25) is 4.98 Å². The van der Waals surface area contributed by atoms with E-state index in [0.29, 0.717) is 12.1 Å². The number of anilines is 1. The molecule has 0 saturated heterocycles. The molecule has 4 nitrogen and oxygen atoms in total. The summed E-state index contributed by atoms with van der Waals surface area (Å²) in [5, 5.41) is 0. The molecule has 0 spiro atoms. The Morgan fingerprint density at radius 1 is 1.36 bits per heavy atom. The molecule has 0 aliphatic carbocycles. The summed E-state index contributed by atoms with van der Waals surface area (Å²) < 4.78 is 28.5. The van der Waals surface area contributed by atoms with Gasteiger partial charge in [-0.2, -0.15) is 0 Å². The van der Waals surface area contributed by atoms with Crippen LogP contribution in [0.1, 0.15) is 38.9 Å². The second-order valence-corrected chi connectivity index (χ2v) is 8.77. The molecule has 2 atom stereocenters. The standard InChI is InChI=1S/C19H24FN3OS/c1-5-6-17(23-25(24)19(2,3)4)18-11-13(9-10-22-18)15-8-7-14(20)12-16(15)21/h5,7-12,17,23H,1,6,21H2,2-4H3/t17?,25-/m0/s1. The highest BCUT2D eigenvalue weighted by Gasteiger charge is 2.24. The highest BCUT2D eigenvalue weighted by Crippen LogP contribution is 2.29. The zero-order valence-corrected chi connectivity index (χ0v) is 15.6. The number of aromatic nitrogens is 1. The molecule has 0 fully saturated rings. The minimum absolute atomic E-state index is 0.237. The maximum atomic E-state index is 13.3. The van der Waals surface area contributed by atoms with Crippen LogP contribution in [0.5, 0.6) is 0 Å². The molecule has 0 saturated carbocycles. The van der Waals surface area contributed by atoms with Gasteiger partial charge in [0.05, 0.1) is 27.5 Å². The number of pyridine rings is 1. The van der Waals surface area contributed by atoms with Gasteiger partial charge in [0.2, 0.25) is 0 Å². The van der Waals surface area contributed by atoms with Crippen molar-refractivity contribution in [3.05, 3.63) is 60.7 Å². The number of benzene rings is 1. The first-order valence-corrected chi connectivity index (χ1v) is 9.17. The lowest BCUT2D eigenvalue weighted by atomic mass is 10.0. The molecule has 1 unspecified atom stereocenters. The fraction of sp³-hybridized carbons (Fsp3) is 0.316. The van der Waals surface area contributed by atoms with Crippen LogP contribution in [0.25, 0.3) is 11.1 Å². The Morgan fingerprint density at radius 2 is 2.08 bits per heavy atom. The predicted molar refractivity (Wildman–Crippen MR) is 103 cm³/mol. The largest absolute Gasteiger partial charge is 0.398 e. The van der Waals surface area contributed by atoms with Crippen molar-refractivity contribution in [2.45, 2.75) is 38.0 Å². The summed E-state index contributed by atoms with van der Waals surface area (Å²) in [6.45, 7) is 9.49. The monoisotopic (exact) mass is 361 g/mol. The molecular formula is C19H24FN3OS. The molecule has 1 aromatic heterocycles. The van der Waals surface area contributed by atoms with Crippen LogP contribution in [0.3, 0.4) is 0 Å². The van der Waals surface area contributed by atoms with Gasteiger partial charge in [-0.05, 0) is 63.1 Å². The minimum Gasteiger partial charge on any atom is -0.398 e. The van der Waals surface area contributed by atoms with Crippen LogP contribution in [0.2, 0.25) is 0 Å². The van der Waals surface area contributed by atoms with Gasteiger partial charge < -0.3 is 5.73 Å². The predicted octanol–water partition coefficient (Wildman–Crippen LogP) is 4.14. The first kappa shape index (κ1) is 19.3. The summed E-state index contributed by atoms with van der Waals surface area (Å²) in [5.41, 5.74) is 8.60. The fourth-order valence-corrected chi connectivity index (χ4v) is 3.13. The van der Waals surface area contributed by atoms with Crippen LogP contribution in [-0.2, 0) is 11.0 Å². The summed E-state index contributed by atoms with van der Waals surface area (Å²) in [5.74, 6) is -0.373. The van der Waals surface area contributed by atoms with E-state index in [2.05, 4.69) is 16.3 Å². The van der Waals surface area contributed by atoms with E-state index in [0.717, 1.165) is 16.8 Å². The maximum Gasteiger partial charge on any atom is 0.125 e. The van der Waals surface area contributed by atoms with Gasteiger partial charge in [0, 0.05) is 17.4 Å². The quantitative estimate of drug-likeness (QED) is 0.600. The van der Waals surface area contributed by atoms with Crippen molar-refractivity contribution in [2.75, 3.05) is 5.73 Å². The highest BCUT2D eigenvalue weighted by molar-refractivity contribution is 7.84. The lowest BCUT2D eigenvalue weighted by Crippen LogP contribution is -2.36. The van der Waals surface area contributed by atoms with Gasteiger partial charge >= 0.3 is 0 Å².